The molecule has 2 heterocycles. The third-order valence-electron chi connectivity index (χ3n) is 5.61. The lowest BCUT2D eigenvalue weighted by atomic mass is 9.87. The predicted octanol–water partition coefficient (Wildman–Crippen LogP) is 4.60. The Kier molecular flexibility index (Phi) is 5.26. The highest BCUT2D eigenvalue weighted by molar-refractivity contribution is 6.31. The van der Waals surface area contributed by atoms with E-state index in [2.05, 4.69) is 0 Å². The molecule has 0 saturated carbocycles. The number of aliphatic hydroxyl groups is 1. The number of fused-ring (bicyclic) bond motifs is 1. The van der Waals surface area contributed by atoms with Gasteiger partial charge in [-0.25, -0.2) is 0 Å². The SMILES string of the molecule is Cc1coc(C)c1C(=O)CC1(O)C(=O)N(CCc2ccccc2)c2ccc(Cl)cc21. The molecule has 2 aromatic carbocycles. The van der Waals surface area contributed by atoms with Gasteiger partial charge in [0.1, 0.15) is 5.76 Å². The number of hydrogen-bond donors (Lipinski definition) is 1. The van der Waals surface area contributed by atoms with E-state index in [1.807, 2.05) is 30.3 Å². The highest BCUT2D eigenvalue weighted by Crippen LogP contribution is 2.44. The van der Waals surface area contributed by atoms with Crippen LogP contribution in [0.2, 0.25) is 5.02 Å². The monoisotopic (exact) mass is 423 g/mol. The van der Waals surface area contributed by atoms with Crippen molar-refractivity contribution >= 4 is 29.0 Å². The van der Waals surface area contributed by atoms with Gasteiger partial charge >= 0.3 is 0 Å². The molecule has 30 heavy (non-hydrogen) atoms. The molecule has 1 amide bonds. The minimum atomic E-state index is -1.97. The van der Waals surface area contributed by atoms with Crippen molar-refractivity contribution in [3.63, 3.8) is 0 Å². The van der Waals surface area contributed by atoms with Gasteiger partial charge in [-0.15, -0.1) is 0 Å². The van der Waals surface area contributed by atoms with Crippen LogP contribution in [0.4, 0.5) is 5.69 Å². The first-order chi connectivity index (χ1) is 14.3. The number of rotatable bonds is 6. The van der Waals surface area contributed by atoms with E-state index in [0.29, 0.717) is 46.1 Å². The molecule has 1 aromatic heterocycles. The van der Waals surface area contributed by atoms with Gasteiger partial charge in [0.25, 0.3) is 5.91 Å². The molecule has 1 aliphatic heterocycles. The number of nitrogens with zero attached hydrogens (tertiary/aromatic N) is 1. The number of Topliss-reactive ketones (excluding diaryl/α,β-unsaturated/α-hetero) is 1. The first-order valence-corrected chi connectivity index (χ1v) is 10.2. The fraction of sp³-hybridized carbons (Fsp3) is 0.250. The molecule has 3 aromatic rings. The number of hydrogen-bond acceptors (Lipinski definition) is 4. The van der Waals surface area contributed by atoms with Gasteiger partial charge in [-0.05, 0) is 49.6 Å². The van der Waals surface area contributed by atoms with E-state index in [4.69, 9.17) is 16.0 Å². The van der Waals surface area contributed by atoms with Crippen molar-refractivity contribution in [2.24, 2.45) is 0 Å². The van der Waals surface area contributed by atoms with Crippen molar-refractivity contribution in [1.29, 1.82) is 0 Å². The Hall–Kier alpha value is -2.89. The molecule has 1 unspecified atom stereocenters. The summed E-state index contributed by atoms with van der Waals surface area (Å²) in [6, 6.07) is 14.8. The average Bonchev–Trinajstić information content (AvgIpc) is 3.16. The van der Waals surface area contributed by atoms with Crippen LogP contribution in [-0.4, -0.2) is 23.3 Å². The largest absolute Gasteiger partial charge is 0.469 e. The number of ketones is 1. The van der Waals surface area contributed by atoms with Gasteiger partial charge in [0.05, 0.1) is 23.9 Å². The zero-order valence-electron chi connectivity index (χ0n) is 16.8. The van der Waals surface area contributed by atoms with E-state index >= 15 is 0 Å². The zero-order valence-corrected chi connectivity index (χ0v) is 17.6. The Labute approximate surface area is 179 Å². The second-order valence-electron chi connectivity index (χ2n) is 7.66. The maximum absolute atomic E-state index is 13.3. The van der Waals surface area contributed by atoms with Crippen LogP contribution < -0.4 is 4.90 Å². The predicted molar refractivity (Wildman–Crippen MR) is 115 cm³/mol. The molecule has 1 aliphatic rings. The summed E-state index contributed by atoms with van der Waals surface area (Å²) in [6.45, 7) is 3.84. The van der Waals surface area contributed by atoms with E-state index in [1.165, 1.54) is 6.26 Å². The fourth-order valence-electron chi connectivity index (χ4n) is 4.11. The lowest BCUT2D eigenvalue weighted by molar-refractivity contribution is -0.135. The average molecular weight is 424 g/mol. The molecule has 0 bridgehead atoms. The summed E-state index contributed by atoms with van der Waals surface area (Å²) in [5.41, 5.74) is 1.14. The molecule has 1 N–H and O–H groups in total. The van der Waals surface area contributed by atoms with Gasteiger partial charge in [0.15, 0.2) is 11.4 Å². The lowest BCUT2D eigenvalue weighted by Gasteiger charge is -2.23. The Bertz CT molecular complexity index is 1100. The standard InChI is InChI=1S/C24H22ClNO4/c1-15-14-30-16(2)22(15)21(27)13-24(29)19-12-18(25)8-9-20(19)26(23(24)28)11-10-17-6-4-3-5-7-17/h3-9,12,14,29H,10-11,13H2,1-2H3. The Morgan fingerprint density at radius 2 is 1.90 bits per heavy atom. The first kappa shape index (κ1) is 20.4. The van der Waals surface area contributed by atoms with E-state index in [9.17, 15) is 14.7 Å². The molecule has 0 aliphatic carbocycles. The summed E-state index contributed by atoms with van der Waals surface area (Å²) in [5, 5.41) is 11.9. The highest BCUT2D eigenvalue weighted by atomic mass is 35.5. The number of furan rings is 1. The Morgan fingerprint density at radius 3 is 2.57 bits per heavy atom. The van der Waals surface area contributed by atoms with E-state index < -0.39 is 11.5 Å². The van der Waals surface area contributed by atoms with Crippen molar-refractivity contribution in [2.75, 3.05) is 11.4 Å². The molecular weight excluding hydrogens is 402 g/mol. The minimum Gasteiger partial charge on any atom is -0.469 e. The summed E-state index contributed by atoms with van der Waals surface area (Å²) in [5.74, 6) is -0.382. The third kappa shape index (κ3) is 3.44. The zero-order chi connectivity index (χ0) is 21.5. The van der Waals surface area contributed by atoms with Gasteiger partial charge in [0.2, 0.25) is 0 Å². The summed E-state index contributed by atoms with van der Waals surface area (Å²) in [7, 11) is 0. The van der Waals surface area contributed by atoms with Crippen LogP contribution in [0.5, 0.6) is 0 Å². The molecule has 0 fully saturated rings. The first-order valence-electron chi connectivity index (χ1n) is 9.77. The van der Waals surface area contributed by atoms with Gasteiger partial charge < -0.3 is 14.4 Å². The molecule has 5 nitrogen and oxygen atoms in total. The van der Waals surface area contributed by atoms with Crippen LogP contribution in [0.15, 0.2) is 59.2 Å². The summed E-state index contributed by atoms with van der Waals surface area (Å²) < 4.78 is 5.32. The maximum Gasteiger partial charge on any atom is 0.264 e. The molecular formula is C24H22ClNO4. The van der Waals surface area contributed by atoms with Crippen LogP contribution in [0.1, 0.15) is 39.2 Å². The van der Waals surface area contributed by atoms with E-state index in [1.54, 1.807) is 36.9 Å². The molecule has 0 spiro atoms. The van der Waals surface area contributed by atoms with Crippen LogP contribution in [0.25, 0.3) is 0 Å². The number of halogens is 1. The van der Waals surface area contributed by atoms with Gasteiger partial charge in [-0.3, -0.25) is 9.59 Å². The van der Waals surface area contributed by atoms with Crippen molar-refractivity contribution in [2.45, 2.75) is 32.3 Å². The van der Waals surface area contributed by atoms with Crippen LogP contribution >= 0.6 is 11.6 Å². The lowest BCUT2D eigenvalue weighted by Crippen LogP contribution is -2.42. The van der Waals surface area contributed by atoms with Crippen LogP contribution in [0, 0.1) is 13.8 Å². The van der Waals surface area contributed by atoms with E-state index in [-0.39, 0.29) is 12.2 Å². The van der Waals surface area contributed by atoms with Gasteiger partial charge in [-0.2, -0.15) is 0 Å². The summed E-state index contributed by atoms with van der Waals surface area (Å²) >= 11 is 6.16. The number of amides is 1. The molecule has 154 valence electrons. The molecule has 1 atom stereocenters. The normalized spacial score (nSPS) is 18.0. The Morgan fingerprint density at radius 1 is 1.17 bits per heavy atom. The number of aryl methyl sites for hydroxylation is 2. The van der Waals surface area contributed by atoms with Crippen molar-refractivity contribution < 1.29 is 19.1 Å². The van der Waals surface area contributed by atoms with Crippen molar-refractivity contribution in [1.82, 2.24) is 0 Å². The second-order valence-corrected chi connectivity index (χ2v) is 8.10. The number of benzene rings is 2. The summed E-state index contributed by atoms with van der Waals surface area (Å²) in [4.78, 5) is 27.9. The third-order valence-corrected chi connectivity index (χ3v) is 5.85. The van der Waals surface area contributed by atoms with Gasteiger partial charge in [0, 0.05) is 17.1 Å². The van der Waals surface area contributed by atoms with Gasteiger partial charge in [-0.1, -0.05) is 41.9 Å². The second kappa shape index (κ2) is 7.74. The maximum atomic E-state index is 13.3. The number of anilines is 1. The van der Waals surface area contributed by atoms with Crippen molar-refractivity contribution in [3.8, 4) is 0 Å². The number of carbonyl (C=O) groups excluding carboxylic acids is 2. The molecule has 0 radical (unpaired) electrons. The molecule has 6 heteroatoms. The topological polar surface area (TPSA) is 70.7 Å². The quantitative estimate of drug-likeness (QED) is 0.588. The Balaban J connectivity index is 1.67. The summed E-state index contributed by atoms with van der Waals surface area (Å²) in [6.07, 6.45) is 1.75. The molecule has 4 rings (SSSR count). The fourth-order valence-corrected chi connectivity index (χ4v) is 4.28. The van der Waals surface area contributed by atoms with Crippen LogP contribution in [0.3, 0.4) is 0 Å². The highest BCUT2D eigenvalue weighted by Gasteiger charge is 2.51. The smallest absolute Gasteiger partial charge is 0.264 e. The minimum absolute atomic E-state index is 0.342. The number of carbonyl (C=O) groups is 2. The van der Waals surface area contributed by atoms with E-state index in [0.717, 1.165) is 5.56 Å². The molecule has 0 saturated heterocycles. The van der Waals surface area contributed by atoms with Crippen LogP contribution in [-0.2, 0) is 16.8 Å². The van der Waals surface area contributed by atoms with Crippen molar-refractivity contribution in [3.05, 3.63) is 87.8 Å².